The molecule has 2 aliphatic rings. The Balaban J connectivity index is 1.58. The second-order valence-electron chi connectivity index (χ2n) is 5.38. The van der Waals surface area contributed by atoms with Gasteiger partial charge in [-0.2, -0.15) is 0 Å². The number of aliphatic carboxylic acids is 1. The van der Waals surface area contributed by atoms with Gasteiger partial charge in [0.15, 0.2) is 17.3 Å². The van der Waals surface area contributed by atoms with Crippen LogP contribution in [-0.2, 0) is 4.79 Å². The van der Waals surface area contributed by atoms with E-state index in [-0.39, 0.29) is 18.5 Å². The van der Waals surface area contributed by atoms with Gasteiger partial charge in [0, 0.05) is 5.56 Å². The van der Waals surface area contributed by atoms with Crippen molar-refractivity contribution in [1.29, 1.82) is 0 Å². The zero-order valence-electron chi connectivity index (χ0n) is 11.6. The second kappa shape index (κ2) is 5.73. The number of benzene rings is 1. The third-order valence-corrected chi connectivity index (χ3v) is 4.00. The van der Waals surface area contributed by atoms with Crippen molar-refractivity contribution < 1.29 is 24.2 Å². The molecule has 6 nitrogen and oxygen atoms in total. The van der Waals surface area contributed by atoms with Gasteiger partial charge in [0.2, 0.25) is 6.79 Å². The van der Waals surface area contributed by atoms with Crippen molar-refractivity contribution in [3.63, 3.8) is 0 Å². The second-order valence-corrected chi connectivity index (χ2v) is 5.38. The lowest BCUT2D eigenvalue weighted by Crippen LogP contribution is -2.39. The molecule has 0 spiro atoms. The van der Waals surface area contributed by atoms with Crippen molar-refractivity contribution in [2.75, 3.05) is 26.4 Å². The summed E-state index contributed by atoms with van der Waals surface area (Å²) >= 11 is 0. The molecular formula is C15H17NO5. The molecular weight excluding hydrogens is 274 g/mol. The van der Waals surface area contributed by atoms with Gasteiger partial charge in [-0.3, -0.25) is 14.5 Å². The summed E-state index contributed by atoms with van der Waals surface area (Å²) in [5.41, 5.74) is 0.597. The molecule has 0 atom stereocenters. The molecule has 0 radical (unpaired) electrons. The fourth-order valence-electron chi connectivity index (χ4n) is 2.70. The van der Waals surface area contributed by atoms with Crippen LogP contribution in [0.5, 0.6) is 11.5 Å². The lowest BCUT2D eigenvalue weighted by atomic mass is 9.96. The van der Waals surface area contributed by atoms with E-state index in [2.05, 4.69) is 0 Å². The first-order valence-corrected chi connectivity index (χ1v) is 7.01. The van der Waals surface area contributed by atoms with Gasteiger partial charge in [0.1, 0.15) is 0 Å². The van der Waals surface area contributed by atoms with E-state index in [9.17, 15) is 9.59 Å². The van der Waals surface area contributed by atoms with Gasteiger partial charge in [0.25, 0.3) is 0 Å². The fourth-order valence-corrected chi connectivity index (χ4v) is 2.70. The smallest absolute Gasteiger partial charge is 0.306 e. The number of Topliss-reactive ketones (excluding diaryl/α,β-unsaturated/α-hetero) is 1. The molecule has 3 rings (SSSR count). The summed E-state index contributed by atoms with van der Waals surface area (Å²) in [4.78, 5) is 25.2. The maximum atomic E-state index is 12.3. The third kappa shape index (κ3) is 3.00. The standard InChI is InChI=1S/C15H17NO5/c17-12(8-16-5-3-10(4-6-16)15(18)19)11-1-2-13-14(7-11)21-9-20-13/h1-2,7,10H,3-6,8-9H2,(H,18,19). The summed E-state index contributed by atoms with van der Waals surface area (Å²) < 4.78 is 10.5. The SMILES string of the molecule is O=C(CN1CCC(C(=O)O)CC1)c1ccc2c(c1)OCO2. The number of piperidine rings is 1. The molecule has 1 saturated heterocycles. The average Bonchev–Trinajstić information content (AvgIpc) is 2.95. The van der Waals surface area contributed by atoms with Crippen LogP contribution in [0.4, 0.5) is 0 Å². The number of carbonyl (C=O) groups excluding carboxylic acids is 1. The zero-order chi connectivity index (χ0) is 14.8. The molecule has 2 aliphatic heterocycles. The van der Waals surface area contributed by atoms with E-state index in [4.69, 9.17) is 14.6 Å². The largest absolute Gasteiger partial charge is 0.481 e. The van der Waals surface area contributed by atoms with Crippen LogP contribution in [0.3, 0.4) is 0 Å². The van der Waals surface area contributed by atoms with E-state index in [0.29, 0.717) is 49.5 Å². The van der Waals surface area contributed by atoms with Crippen LogP contribution >= 0.6 is 0 Å². The Morgan fingerprint density at radius 3 is 2.62 bits per heavy atom. The summed E-state index contributed by atoms with van der Waals surface area (Å²) in [6, 6.07) is 5.18. The minimum absolute atomic E-state index is 0.0158. The Kier molecular flexibility index (Phi) is 3.79. The van der Waals surface area contributed by atoms with E-state index in [0.717, 1.165) is 0 Å². The van der Waals surface area contributed by atoms with Gasteiger partial charge >= 0.3 is 5.97 Å². The molecule has 2 heterocycles. The highest BCUT2D eigenvalue weighted by Crippen LogP contribution is 2.32. The van der Waals surface area contributed by atoms with Crippen LogP contribution in [0, 0.1) is 5.92 Å². The van der Waals surface area contributed by atoms with Crippen molar-refractivity contribution in [2.24, 2.45) is 5.92 Å². The van der Waals surface area contributed by atoms with E-state index in [1.807, 2.05) is 4.90 Å². The van der Waals surface area contributed by atoms with E-state index >= 15 is 0 Å². The molecule has 1 aromatic rings. The maximum absolute atomic E-state index is 12.3. The summed E-state index contributed by atoms with van der Waals surface area (Å²) in [5.74, 6) is 0.264. The third-order valence-electron chi connectivity index (χ3n) is 4.00. The van der Waals surface area contributed by atoms with Crippen LogP contribution in [0.1, 0.15) is 23.2 Å². The van der Waals surface area contributed by atoms with Gasteiger partial charge in [-0.1, -0.05) is 0 Å². The van der Waals surface area contributed by atoms with Crippen molar-refractivity contribution in [3.8, 4) is 11.5 Å². The Hall–Kier alpha value is -2.08. The summed E-state index contributed by atoms with van der Waals surface area (Å²) in [7, 11) is 0. The molecule has 112 valence electrons. The summed E-state index contributed by atoms with van der Waals surface area (Å²) in [6.07, 6.45) is 1.20. The van der Waals surface area contributed by atoms with E-state index in [1.54, 1.807) is 18.2 Å². The Bertz CT molecular complexity index is 563. The van der Waals surface area contributed by atoms with Crippen LogP contribution in [0.25, 0.3) is 0 Å². The highest BCUT2D eigenvalue weighted by atomic mass is 16.7. The highest BCUT2D eigenvalue weighted by molar-refractivity contribution is 5.98. The van der Waals surface area contributed by atoms with Crippen LogP contribution in [0.15, 0.2) is 18.2 Å². The number of ketones is 1. The number of ether oxygens (including phenoxy) is 2. The zero-order valence-corrected chi connectivity index (χ0v) is 11.6. The molecule has 0 amide bonds. The quantitative estimate of drug-likeness (QED) is 0.845. The molecule has 1 N–H and O–H groups in total. The first-order chi connectivity index (χ1) is 10.1. The van der Waals surface area contributed by atoms with Crippen LogP contribution < -0.4 is 9.47 Å². The lowest BCUT2D eigenvalue weighted by Gasteiger charge is -2.29. The normalized spacial score (nSPS) is 18.7. The van der Waals surface area contributed by atoms with Crippen molar-refractivity contribution in [3.05, 3.63) is 23.8 Å². The fraction of sp³-hybridized carbons (Fsp3) is 0.467. The number of carbonyl (C=O) groups is 2. The number of carboxylic acids is 1. The number of fused-ring (bicyclic) bond motifs is 1. The van der Waals surface area contributed by atoms with Crippen molar-refractivity contribution in [2.45, 2.75) is 12.8 Å². The van der Waals surface area contributed by atoms with Gasteiger partial charge in [0.05, 0.1) is 12.5 Å². The topological polar surface area (TPSA) is 76.1 Å². The van der Waals surface area contributed by atoms with Crippen molar-refractivity contribution >= 4 is 11.8 Å². The average molecular weight is 291 g/mol. The Morgan fingerprint density at radius 1 is 1.19 bits per heavy atom. The Labute approximate surface area is 122 Å². The first kappa shape index (κ1) is 13.9. The number of rotatable bonds is 4. The number of likely N-dealkylation sites (tertiary alicyclic amines) is 1. The molecule has 0 bridgehead atoms. The molecule has 0 aliphatic carbocycles. The highest BCUT2D eigenvalue weighted by Gasteiger charge is 2.26. The predicted octanol–water partition coefficient (Wildman–Crippen LogP) is 1.39. The molecule has 0 aromatic heterocycles. The van der Waals surface area contributed by atoms with Crippen molar-refractivity contribution in [1.82, 2.24) is 4.90 Å². The predicted molar refractivity (Wildman–Crippen MR) is 73.7 cm³/mol. The Morgan fingerprint density at radius 2 is 1.90 bits per heavy atom. The molecule has 1 aromatic carbocycles. The van der Waals surface area contributed by atoms with E-state index < -0.39 is 5.97 Å². The van der Waals surface area contributed by atoms with E-state index in [1.165, 1.54) is 0 Å². The number of hydrogen-bond donors (Lipinski definition) is 1. The lowest BCUT2D eigenvalue weighted by molar-refractivity contribution is -0.143. The van der Waals surface area contributed by atoms with Crippen LogP contribution in [-0.4, -0.2) is 48.2 Å². The molecule has 0 unspecified atom stereocenters. The van der Waals surface area contributed by atoms with Gasteiger partial charge in [-0.25, -0.2) is 0 Å². The molecule has 0 saturated carbocycles. The first-order valence-electron chi connectivity index (χ1n) is 7.01. The summed E-state index contributed by atoms with van der Waals surface area (Å²) in [6.45, 7) is 1.79. The molecule has 6 heteroatoms. The monoisotopic (exact) mass is 291 g/mol. The summed E-state index contributed by atoms with van der Waals surface area (Å²) in [5, 5.41) is 8.96. The minimum Gasteiger partial charge on any atom is -0.481 e. The molecule has 1 fully saturated rings. The van der Waals surface area contributed by atoms with Crippen LogP contribution in [0.2, 0.25) is 0 Å². The van der Waals surface area contributed by atoms with Gasteiger partial charge in [-0.15, -0.1) is 0 Å². The number of carboxylic acid groups (broad SMARTS) is 1. The number of hydrogen-bond acceptors (Lipinski definition) is 5. The maximum Gasteiger partial charge on any atom is 0.306 e. The minimum atomic E-state index is -0.739. The molecule has 21 heavy (non-hydrogen) atoms. The van der Waals surface area contributed by atoms with Gasteiger partial charge < -0.3 is 14.6 Å². The number of nitrogens with zero attached hydrogens (tertiary/aromatic N) is 1. The van der Waals surface area contributed by atoms with Gasteiger partial charge in [-0.05, 0) is 44.1 Å².